The first-order valence-electron chi connectivity index (χ1n) is 6.78. The summed E-state index contributed by atoms with van der Waals surface area (Å²) in [6.45, 7) is 9.62. The van der Waals surface area contributed by atoms with Gasteiger partial charge in [-0.1, -0.05) is 6.92 Å². The second-order valence-corrected chi connectivity index (χ2v) is 5.14. The van der Waals surface area contributed by atoms with Crippen LogP contribution < -0.4 is 5.73 Å². The van der Waals surface area contributed by atoms with Crippen molar-refractivity contribution in [1.82, 2.24) is 14.8 Å². The van der Waals surface area contributed by atoms with Gasteiger partial charge in [-0.25, -0.2) is 0 Å². The smallest absolute Gasteiger partial charge is 0.257 e. The lowest BCUT2D eigenvalue weighted by molar-refractivity contribution is 0.0529. The van der Waals surface area contributed by atoms with Crippen LogP contribution in [0.5, 0.6) is 0 Å². The van der Waals surface area contributed by atoms with Crippen LogP contribution in [0.4, 0.5) is 5.69 Å². The molecule has 5 nitrogen and oxygen atoms in total. The Kier molecular flexibility index (Phi) is 4.04. The number of hydrogen-bond acceptors (Lipinski definition) is 4. The first kappa shape index (κ1) is 13.8. The molecule has 0 saturated carbocycles. The zero-order chi connectivity index (χ0) is 14.0. The van der Waals surface area contributed by atoms with Gasteiger partial charge >= 0.3 is 0 Å². The third-order valence-corrected chi connectivity index (χ3v) is 3.76. The van der Waals surface area contributed by atoms with Gasteiger partial charge in [0.2, 0.25) is 0 Å². The summed E-state index contributed by atoms with van der Waals surface area (Å²) in [4.78, 5) is 20.9. The Hall–Kier alpha value is -1.62. The summed E-state index contributed by atoms with van der Waals surface area (Å²) in [7, 11) is 0. The van der Waals surface area contributed by atoms with E-state index in [1.165, 1.54) is 0 Å². The Bertz CT molecular complexity index is 475. The molecular formula is C14H22N4O. The van der Waals surface area contributed by atoms with Crippen molar-refractivity contribution < 1.29 is 4.79 Å². The molecule has 1 aromatic rings. The molecule has 0 aliphatic carbocycles. The molecule has 2 N–H and O–H groups in total. The number of pyridine rings is 1. The van der Waals surface area contributed by atoms with Crippen LogP contribution in [0.1, 0.15) is 29.9 Å². The van der Waals surface area contributed by atoms with Crippen LogP contribution in [0.15, 0.2) is 12.3 Å². The molecule has 1 aromatic heterocycles. The van der Waals surface area contributed by atoms with E-state index in [4.69, 9.17) is 5.73 Å². The number of nitrogens with two attached hydrogens (primary N) is 1. The average Bonchev–Trinajstić information content (AvgIpc) is 2.38. The summed E-state index contributed by atoms with van der Waals surface area (Å²) in [5, 5.41) is 0. The highest BCUT2D eigenvalue weighted by molar-refractivity contribution is 5.98. The number of nitrogens with zero attached hydrogens (tertiary/aromatic N) is 3. The molecule has 1 amide bonds. The number of likely N-dealkylation sites (N-methyl/N-ethyl adjacent to an activating group) is 1. The second kappa shape index (κ2) is 5.57. The Morgan fingerprint density at radius 2 is 2.26 bits per heavy atom. The predicted octanol–water partition coefficient (Wildman–Crippen LogP) is 1.14. The summed E-state index contributed by atoms with van der Waals surface area (Å²) < 4.78 is 0. The van der Waals surface area contributed by atoms with Crippen molar-refractivity contribution in [3.05, 3.63) is 23.5 Å². The third kappa shape index (κ3) is 2.87. The van der Waals surface area contributed by atoms with Crippen molar-refractivity contribution in [3.8, 4) is 0 Å². The number of rotatable bonds is 2. The number of aromatic nitrogens is 1. The van der Waals surface area contributed by atoms with Gasteiger partial charge in [-0.15, -0.1) is 0 Å². The fraction of sp³-hybridized carbons (Fsp3) is 0.571. The third-order valence-electron chi connectivity index (χ3n) is 3.76. The van der Waals surface area contributed by atoms with Crippen molar-refractivity contribution >= 4 is 11.6 Å². The molecule has 1 aliphatic heterocycles. The van der Waals surface area contributed by atoms with Crippen LogP contribution in [0.3, 0.4) is 0 Å². The maximum absolute atomic E-state index is 12.5. The van der Waals surface area contributed by atoms with Crippen molar-refractivity contribution in [1.29, 1.82) is 0 Å². The molecule has 1 atom stereocenters. The SMILES string of the molecule is CCN1CCN(C(=O)c2cnc(C)cc2N)CC1C. The first-order chi connectivity index (χ1) is 9.02. The van der Waals surface area contributed by atoms with E-state index >= 15 is 0 Å². The fourth-order valence-corrected chi connectivity index (χ4v) is 2.58. The summed E-state index contributed by atoms with van der Waals surface area (Å²) in [6, 6.07) is 2.14. The highest BCUT2D eigenvalue weighted by Crippen LogP contribution is 2.17. The Morgan fingerprint density at radius 3 is 2.84 bits per heavy atom. The van der Waals surface area contributed by atoms with Crippen molar-refractivity contribution in [2.75, 3.05) is 31.9 Å². The van der Waals surface area contributed by atoms with Crippen LogP contribution in [-0.4, -0.2) is 52.9 Å². The van der Waals surface area contributed by atoms with Gasteiger partial charge in [0.05, 0.1) is 5.56 Å². The maximum atomic E-state index is 12.5. The largest absolute Gasteiger partial charge is 0.398 e. The second-order valence-electron chi connectivity index (χ2n) is 5.14. The standard InChI is InChI=1S/C14H22N4O/c1-4-17-5-6-18(9-11(17)3)14(19)12-8-16-10(2)7-13(12)15/h7-8,11H,4-6,9H2,1-3H3,(H2,15,16). The van der Waals surface area contributed by atoms with E-state index in [9.17, 15) is 4.79 Å². The van der Waals surface area contributed by atoms with Crippen LogP contribution in [0.2, 0.25) is 0 Å². The molecule has 0 spiro atoms. The van der Waals surface area contributed by atoms with E-state index in [0.717, 1.165) is 31.9 Å². The average molecular weight is 262 g/mol. The molecule has 1 aliphatic rings. The number of hydrogen-bond donors (Lipinski definition) is 1. The highest BCUT2D eigenvalue weighted by Gasteiger charge is 2.27. The molecule has 104 valence electrons. The Labute approximate surface area is 114 Å². The summed E-state index contributed by atoms with van der Waals surface area (Å²) in [5.41, 5.74) is 7.78. The fourth-order valence-electron chi connectivity index (χ4n) is 2.58. The molecule has 1 saturated heterocycles. The quantitative estimate of drug-likeness (QED) is 0.868. The van der Waals surface area contributed by atoms with E-state index in [0.29, 0.717) is 17.3 Å². The zero-order valence-corrected chi connectivity index (χ0v) is 11.9. The van der Waals surface area contributed by atoms with E-state index in [1.54, 1.807) is 12.3 Å². The molecule has 1 unspecified atom stereocenters. The molecule has 2 heterocycles. The molecule has 5 heteroatoms. The van der Waals surface area contributed by atoms with Gasteiger partial charge in [-0.2, -0.15) is 0 Å². The number of piperazine rings is 1. The minimum Gasteiger partial charge on any atom is -0.398 e. The van der Waals surface area contributed by atoms with E-state index < -0.39 is 0 Å². The number of amides is 1. The molecule has 1 fully saturated rings. The lowest BCUT2D eigenvalue weighted by atomic mass is 10.1. The highest BCUT2D eigenvalue weighted by atomic mass is 16.2. The topological polar surface area (TPSA) is 62.5 Å². The number of carbonyl (C=O) groups is 1. The van der Waals surface area contributed by atoms with Crippen LogP contribution in [0, 0.1) is 6.92 Å². The van der Waals surface area contributed by atoms with Crippen molar-refractivity contribution in [2.45, 2.75) is 26.8 Å². The molecular weight excluding hydrogens is 240 g/mol. The van der Waals surface area contributed by atoms with Crippen LogP contribution in [0.25, 0.3) is 0 Å². The summed E-state index contributed by atoms with van der Waals surface area (Å²) in [6.07, 6.45) is 1.59. The van der Waals surface area contributed by atoms with Gasteiger partial charge in [0.1, 0.15) is 0 Å². The molecule has 0 radical (unpaired) electrons. The zero-order valence-electron chi connectivity index (χ0n) is 11.9. The minimum atomic E-state index is -0.00685. The van der Waals surface area contributed by atoms with Crippen molar-refractivity contribution in [3.63, 3.8) is 0 Å². The van der Waals surface area contributed by atoms with Gasteiger partial charge < -0.3 is 10.6 Å². The summed E-state index contributed by atoms with van der Waals surface area (Å²) in [5.74, 6) is -0.00685. The minimum absolute atomic E-state index is 0.00685. The van der Waals surface area contributed by atoms with Gasteiger partial charge in [0.15, 0.2) is 0 Å². The molecule has 2 rings (SSSR count). The molecule has 0 bridgehead atoms. The van der Waals surface area contributed by atoms with Crippen LogP contribution >= 0.6 is 0 Å². The number of aryl methyl sites for hydroxylation is 1. The molecule has 0 aromatic carbocycles. The normalized spacial score (nSPS) is 20.6. The lowest BCUT2D eigenvalue weighted by Crippen LogP contribution is -2.53. The number of anilines is 1. The summed E-state index contributed by atoms with van der Waals surface area (Å²) >= 11 is 0. The van der Waals surface area contributed by atoms with Crippen LogP contribution in [-0.2, 0) is 0 Å². The Balaban J connectivity index is 2.12. The number of carbonyl (C=O) groups excluding carboxylic acids is 1. The van der Waals surface area contributed by atoms with Gasteiger partial charge in [-0.05, 0) is 26.5 Å². The lowest BCUT2D eigenvalue weighted by Gasteiger charge is -2.39. The van der Waals surface area contributed by atoms with E-state index in [1.807, 2.05) is 11.8 Å². The van der Waals surface area contributed by atoms with Gasteiger partial charge in [0.25, 0.3) is 5.91 Å². The maximum Gasteiger partial charge on any atom is 0.257 e. The van der Waals surface area contributed by atoms with E-state index in [-0.39, 0.29) is 5.91 Å². The van der Waals surface area contributed by atoms with Gasteiger partial charge in [-0.3, -0.25) is 14.7 Å². The van der Waals surface area contributed by atoms with Gasteiger partial charge in [0, 0.05) is 43.3 Å². The first-order valence-corrected chi connectivity index (χ1v) is 6.78. The Morgan fingerprint density at radius 1 is 1.53 bits per heavy atom. The number of nitrogen functional groups attached to an aromatic ring is 1. The monoisotopic (exact) mass is 262 g/mol. The molecule has 19 heavy (non-hydrogen) atoms. The van der Waals surface area contributed by atoms with Crippen molar-refractivity contribution in [2.24, 2.45) is 0 Å². The predicted molar refractivity (Wildman–Crippen MR) is 76.0 cm³/mol. The van der Waals surface area contributed by atoms with E-state index in [2.05, 4.69) is 23.7 Å².